The van der Waals surface area contributed by atoms with Crippen molar-refractivity contribution in [3.63, 3.8) is 0 Å². The predicted octanol–water partition coefficient (Wildman–Crippen LogP) is 2.10. The van der Waals surface area contributed by atoms with E-state index in [0.29, 0.717) is 75.2 Å². The Kier molecular flexibility index (Phi) is 13.1. The summed E-state index contributed by atoms with van der Waals surface area (Å²) in [6.45, 7) is 3.10. The van der Waals surface area contributed by atoms with E-state index >= 15 is 0 Å². The number of phenols is 1. The van der Waals surface area contributed by atoms with Gasteiger partial charge in [-0.3, -0.25) is 4.79 Å². The van der Waals surface area contributed by atoms with Crippen LogP contribution in [0.15, 0.2) is 30.3 Å². The third kappa shape index (κ3) is 8.70. The molecule has 200 valence electrons. The zero-order valence-electron chi connectivity index (χ0n) is 21.4. The Morgan fingerprint density at radius 3 is 2.11 bits per heavy atom. The van der Waals surface area contributed by atoms with Crippen molar-refractivity contribution < 1.29 is 38.3 Å². The molecule has 36 heavy (non-hydrogen) atoms. The summed E-state index contributed by atoms with van der Waals surface area (Å²) in [5.41, 5.74) is 7.69. The highest BCUT2D eigenvalue weighted by Gasteiger charge is 2.21. The minimum absolute atomic E-state index is 0.0609. The number of carbonyl (C=O) groups excluding carboxylic acids is 1. The molecule has 2 rings (SSSR count). The van der Waals surface area contributed by atoms with E-state index in [9.17, 15) is 9.90 Å². The standard InChI is InChI=1S/C25H37N3O8/c1-31-12-14-35-10-8-28(9-11-36-15-13-32-2)24(30)18-16-19(23(29)20(26)17-18)21-6-5-7-22(27-21)25(33-3)34-4/h5-7,16-17,25,29H,8-15,26H2,1-4H3. The van der Waals surface area contributed by atoms with E-state index in [2.05, 4.69) is 4.98 Å². The van der Waals surface area contributed by atoms with Gasteiger partial charge in [-0.1, -0.05) is 6.07 Å². The molecule has 2 aromatic rings. The second-order valence-electron chi connectivity index (χ2n) is 7.72. The first-order valence-electron chi connectivity index (χ1n) is 11.5. The number of aromatic nitrogens is 1. The normalized spacial score (nSPS) is 11.2. The van der Waals surface area contributed by atoms with E-state index < -0.39 is 6.29 Å². The maximum atomic E-state index is 13.5. The number of methoxy groups -OCH3 is 4. The van der Waals surface area contributed by atoms with Crippen LogP contribution in [0.25, 0.3) is 11.3 Å². The van der Waals surface area contributed by atoms with Gasteiger partial charge in [0.25, 0.3) is 5.91 Å². The van der Waals surface area contributed by atoms with Gasteiger partial charge in [-0.05, 0) is 24.3 Å². The SMILES string of the molecule is COCCOCCN(CCOCCOC)C(=O)c1cc(N)c(O)c(-c2cccc(C(OC)OC)n2)c1. The van der Waals surface area contributed by atoms with E-state index in [1.807, 2.05) is 0 Å². The highest BCUT2D eigenvalue weighted by Crippen LogP contribution is 2.35. The van der Waals surface area contributed by atoms with Crippen molar-refractivity contribution in [1.82, 2.24) is 9.88 Å². The first-order valence-corrected chi connectivity index (χ1v) is 11.5. The molecule has 1 aromatic heterocycles. The fourth-order valence-corrected chi connectivity index (χ4v) is 3.38. The second kappa shape index (κ2) is 16.0. The molecular formula is C25H37N3O8. The Bertz CT molecular complexity index is 926. The Morgan fingerprint density at radius 1 is 0.944 bits per heavy atom. The molecular weight excluding hydrogens is 470 g/mol. The molecule has 0 atom stereocenters. The number of hydrogen-bond donors (Lipinski definition) is 2. The average Bonchev–Trinajstić information content (AvgIpc) is 2.89. The van der Waals surface area contributed by atoms with Gasteiger partial charge >= 0.3 is 0 Å². The van der Waals surface area contributed by atoms with Crippen molar-refractivity contribution in [3.05, 3.63) is 41.6 Å². The highest BCUT2D eigenvalue weighted by atomic mass is 16.7. The summed E-state index contributed by atoms with van der Waals surface area (Å²) in [6.07, 6.45) is -0.680. The molecule has 0 unspecified atom stereocenters. The molecule has 0 fully saturated rings. The number of amides is 1. The maximum Gasteiger partial charge on any atom is 0.254 e. The van der Waals surface area contributed by atoms with E-state index in [1.165, 1.54) is 20.3 Å². The molecule has 1 aromatic carbocycles. The number of nitrogen functional groups attached to an aromatic ring is 1. The second-order valence-corrected chi connectivity index (χ2v) is 7.72. The van der Waals surface area contributed by atoms with Crippen molar-refractivity contribution in [2.75, 3.05) is 86.9 Å². The molecule has 1 heterocycles. The van der Waals surface area contributed by atoms with Crippen LogP contribution in [-0.4, -0.2) is 102 Å². The molecule has 11 nitrogen and oxygen atoms in total. The summed E-state index contributed by atoms with van der Waals surface area (Å²) in [6, 6.07) is 8.22. The number of nitrogens with zero attached hydrogens (tertiary/aromatic N) is 2. The summed E-state index contributed by atoms with van der Waals surface area (Å²) in [7, 11) is 6.20. The summed E-state index contributed by atoms with van der Waals surface area (Å²) in [4.78, 5) is 19.6. The quantitative estimate of drug-likeness (QED) is 0.142. The van der Waals surface area contributed by atoms with Crippen LogP contribution < -0.4 is 5.73 Å². The number of nitrogens with two attached hydrogens (primary N) is 1. The first kappa shape index (κ1) is 29.4. The monoisotopic (exact) mass is 507 g/mol. The van der Waals surface area contributed by atoms with Crippen LogP contribution >= 0.6 is 0 Å². The van der Waals surface area contributed by atoms with Gasteiger partial charge in [0.05, 0.1) is 56.7 Å². The van der Waals surface area contributed by atoms with Crippen LogP contribution in [0.2, 0.25) is 0 Å². The van der Waals surface area contributed by atoms with Crippen LogP contribution in [0.1, 0.15) is 22.3 Å². The van der Waals surface area contributed by atoms with Crippen LogP contribution in [0.5, 0.6) is 5.75 Å². The number of rotatable bonds is 17. The maximum absolute atomic E-state index is 13.5. The molecule has 0 spiro atoms. The van der Waals surface area contributed by atoms with Crippen LogP contribution in [0.4, 0.5) is 5.69 Å². The number of pyridine rings is 1. The van der Waals surface area contributed by atoms with Gasteiger partial charge in [0.2, 0.25) is 6.29 Å². The zero-order chi connectivity index (χ0) is 26.3. The first-order chi connectivity index (χ1) is 17.5. The highest BCUT2D eigenvalue weighted by molar-refractivity contribution is 5.97. The smallest absolute Gasteiger partial charge is 0.254 e. The van der Waals surface area contributed by atoms with E-state index in [4.69, 9.17) is 34.2 Å². The summed E-state index contributed by atoms with van der Waals surface area (Å²) in [5, 5.41) is 10.7. The lowest BCUT2D eigenvalue weighted by atomic mass is 10.0. The largest absolute Gasteiger partial charge is 0.505 e. The Labute approximate surface area is 212 Å². The number of benzene rings is 1. The van der Waals surface area contributed by atoms with E-state index in [1.54, 1.807) is 43.4 Å². The third-order valence-corrected chi connectivity index (χ3v) is 5.26. The average molecular weight is 508 g/mol. The molecule has 0 radical (unpaired) electrons. The molecule has 0 bridgehead atoms. The van der Waals surface area contributed by atoms with Gasteiger partial charge in [-0.25, -0.2) is 4.98 Å². The van der Waals surface area contributed by atoms with Crippen molar-refractivity contribution in [2.45, 2.75) is 6.29 Å². The number of carbonyl (C=O) groups is 1. The number of aromatic hydroxyl groups is 1. The Balaban J connectivity index is 2.28. The van der Waals surface area contributed by atoms with Crippen molar-refractivity contribution in [2.24, 2.45) is 0 Å². The van der Waals surface area contributed by atoms with Gasteiger partial charge in [0.15, 0.2) is 0 Å². The van der Waals surface area contributed by atoms with Gasteiger partial charge < -0.3 is 44.2 Å². The number of phenolic OH excluding ortho intramolecular Hbond substituents is 1. The minimum atomic E-state index is -0.680. The van der Waals surface area contributed by atoms with Crippen molar-refractivity contribution in [3.8, 4) is 17.0 Å². The molecule has 1 amide bonds. The lowest BCUT2D eigenvalue weighted by Gasteiger charge is -2.23. The van der Waals surface area contributed by atoms with Crippen molar-refractivity contribution in [1.29, 1.82) is 0 Å². The fraction of sp³-hybridized carbons (Fsp3) is 0.520. The van der Waals surface area contributed by atoms with E-state index in [-0.39, 0.29) is 17.3 Å². The molecule has 0 saturated carbocycles. The summed E-state index contributed by atoms with van der Waals surface area (Å²) >= 11 is 0. The Morgan fingerprint density at radius 2 is 1.56 bits per heavy atom. The number of hydrogen-bond acceptors (Lipinski definition) is 10. The molecule has 0 aliphatic carbocycles. The zero-order valence-corrected chi connectivity index (χ0v) is 21.4. The van der Waals surface area contributed by atoms with Crippen molar-refractivity contribution >= 4 is 11.6 Å². The molecule has 0 saturated heterocycles. The fourth-order valence-electron chi connectivity index (χ4n) is 3.38. The molecule has 3 N–H and O–H groups in total. The summed E-state index contributed by atoms with van der Waals surface area (Å²) < 4.78 is 31.6. The lowest BCUT2D eigenvalue weighted by Crippen LogP contribution is -2.37. The predicted molar refractivity (Wildman–Crippen MR) is 134 cm³/mol. The van der Waals surface area contributed by atoms with Gasteiger partial charge in [-0.15, -0.1) is 0 Å². The van der Waals surface area contributed by atoms with Crippen LogP contribution in [0.3, 0.4) is 0 Å². The molecule has 0 aliphatic heterocycles. The van der Waals surface area contributed by atoms with Gasteiger partial charge in [0.1, 0.15) is 5.75 Å². The number of ether oxygens (including phenoxy) is 6. The minimum Gasteiger partial charge on any atom is -0.505 e. The molecule has 0 aliphatic rings. The van der Waals surface area contributed by atoms with Crippen LogP contribution in [-0.2, 0) is 28.4 Å². The Hall–Kier alpha value is -2.80. The number of anilines is 1. The third-order valence-electron chi connectivity index (χ3n) is 5.26. The van der Waals surface area contributed by atoms with E-state index in [0.717, 1.165) is 0 Å². The molecule has 11 heteroatoms. The summed E-state index contributed by atoms with van der Waals surface area (Å²) in [5.74, 6) is -0.448. The lowest BCUT2D eigenvalue weighted by molar-refractivity contribution is -0.108. The van der Waals surface area contributed by atoms with Gasteiger partial charge in [0, 0.05) is 52.7 Å². The van der Waals surface area contributed by atoms with Crippen LogP contribution in [0, 0.1) is 0 Å². The van der Waals surface area contributed by atoms with Gasteiger partial charge in [-0.2, -0.15) is 0 Å². The topological polar surface area (TPSA) is 135 Å².